The van der Waals surface area contributed by atoms with Crippen LogP contribution in [-0.2, 0) is 36.9 Å². The SMILES string of the molecule is COO/C=N\[C@@H](C(=O)N1CCC[C@H]1c1nc2cc(CC=CCc3ccc4[nH]c([C@@H]5CCCN5C(=O)[C@@H](P)NC(=O)OC)nc4c3)ccc2[nH]1)c1ccccc1. The number of methoxy groups -OCH3 is 1. The topological polar surface area (TPSA) is 167 Å². The van der Waals surface area contributed by atoms with Gasteiger partial charge in [-0.15, -0.1) is 9.24 Å². The Labute approximate surface area is 320 Å². The van der Waals surface area contributed by atoms with Crippen LogP contribution in [0.1, 0.15) is 72.1 Å². The summed E-state index contributed by atoms with van der Waals surface area (Å²) in [5, 5.41) is 2.53. The lowest BCUT2D eigenvalue weighted by Crippen LogP contribution is -2.45. The molecule has 0 radical (unpaired) electrons. The Hall–Kier alpha value is -5.59. The van der Waals surface area contributed by atoms with E-state index in [0.29, 0.717) is 13.1 Å². The zero-order chi connectivity index (χ0) is 38.3. The first-order valence-corrected chi connectivity index (χ1v) is 19.1. The second-order valence-electron chi connectivity index (χ2n) is 13.7. The summed E-state index contributed by atoms with van der Waals surface area (Å²) in [7, 11) is 5.03. The minimum Gasteiger partial charge on any atom is -0.453 e. The van der Waals surface area contributed by atoms with Gasteiger partial charge in [-0.25, -0.2) is 19.8 Å². The molecule has 1 unspecified atom stereocenters. The Balaban J connectivity index is 0.980. The van der Waals surface area contributed by atoms with Crippen molar-refractivity contribution in [2.45, 2.75) is 62.4 Å². The fraction of sp³-hybridized carbons (Fsp3) is 0.350. The minimum atomic E-state index is -0.780. The Bertz CT molecular complexity index is 2200. The van der Waals surface area contributed by atoms with Gasteiger partial charge in [0.25, 0.3) is 5.91 Å². The molecule has 0 aliphatic carbocycles. The van der Waals surface area contributed by atoms with Crippen molar-refractivity contribution in [2.75, 3.05) is 27.3 Å². The molecular formula is C40H45N8O6P. The van der Waals surface area contributed by atoms with E-state index in [-0.39, 0.29) is 23.9 Å². The normalized spacial score (nSPS) is 18.5. The van der Waals surface area contributed by atoms with Gasteiger partial charge in [0.2, 0.25) is 12.3 Å². The largest absolute Gasteiger partial charge is 0.453 e. The van der Waals surface area contributed by atoms with E-state index in [1.165, 1.54) is 14.2 Å². The second kappa shape index (κ2) is 17.3. The fourth-order valence-electron chi connectivity index (χ4n) is 7.42. The maximum atomic E-state index is 13.9. The van der Waals surface area contributed by atoms with Crippen molar-refractivity contribution in [1.82, 2.24) is 35.1 Å². The number of likely N-dealkylation sites (tertiary alicyclic amines) is 2. The van der Waals surface area contributed by atoms with E-state index in [0.717, 1.165) is 95.3 Å². The van der Waals surface area contributed by atoms with Crippen LogP contribution in [0.3, 0.4) is 0 Å². The minimum absolute atomic E-state index is 0.115. The number of imidazole rings is 2. The number of carbonyl (C=O) groups is 3. The first kappa shape index (κ1) is 37.7. The van der Waals surface area contributed by atoms with E-state index in [4.69, 9.17) is 14.9 Å². The van der Waals surface area contributed by atoms with Crippen molar-refractivity contribution in [1.29, 1.82) is 0 Å². The maximum Gasteiger partial charge on any atom is 0.407 e. The van der Waals surface area contributed by atoms with Gasteiger partial charge in [-0.05, 0) is 79.5 Å². The Morgan fingerprint density at radius 3 is 1.96 bits per heavy atom. The average Bonchev–Trinajstić information content (AvgIpc) is 4.03. The molecule has 0 saturated carbocycles. The highest BCUT2D eigenvalue weighted by Crippen LogP contribution is 2.35. The van der Waals surface area contributed by atoms with Crippen molar-refractivity contribution in [3.63, 3.8) is 0 Å². The smallest absolute Gasteiger partial charge is 0.407 e. The maximum absolute atomic E-state index is 13.9. The summed E-state index contributed by atoms with van der Waals surface area (Å²) in [6.45, 7) is 1.21. The molecular weight excluding hydrogens is 719 g/mol. The Morgan fingerprint density at radius 2 is 1.42 bits per heavy atom. The van der Waals surface area contributed by atoms with Gasteiger partial charge in [0.15, 0.2) is 6.04 Å². The Kier molecular flexibility index (Phi) is 11.8. The van der Waals surface area contributed by atoms with Crippen molar-refractivity contribution >= 4 is 55.6 Å². The third kappa shape index (κ3) is 8.55. The molecule has 15 heteroatoms. The van der Waals surface area contributed by atoms with Gasteiger partial charge in [-0.2, -0.15) is 4.89 Å². The second-order valence-corrected chi connectivity index (χ2v) is 14.3. The van der Waals surface area contributed by atoms with Gasteiger partial charge in [0, 0.05) is 13.1 Å². The number of alkyl carbamates (subject to hydrolysis) is 1. The molecule has 2 aliphatic heterocycles. The van der Waals surface area contributed by atoms with Crippen LogP contribution in [-0.4, -0.2) is 87.1 Å². The van der Waals surface area contributed by atoms with Crippen LogP contribution in [0.2, 0.25) is 0 Å². The standard InChI is InChI=1S/C40H45N8O6P/c1-52-40(51)46-37(55)39(50)48-21-9-15-33(48)36-43-29-19-17-26(23-31(29)45-36)11-7-6-10-25-16-18-28-30(22-25)44-35(42-28)32-14-8-20-47(32)38(49)34(41-24-54-53-2)27-12-4-3-5-13-27/h3-7,12-13,16-19,22-24,32-34,37H,8-11,14-15,20-21,55H2,1-2H3,(H,42,44)(H,43,45)(H,46,51)/b7-6?,41-24-/t32-,33-,34+,37+/m0/s1. The lowest BCUT2D eigenvalue weighted by Gasteiger charge is -2.26. The Morgan fingerprint density at radius 1 is 0.855 bits per heavy atom. The molecule has 55 heavy (non-hydrogen) atoms. The van der Waals surface area contributed by atoms with Gasteiger partial charge >= 0.3 is 6.09 Å². The number of allylic oxidation sites excluding steroid dienone is 2. The van der Waals surface area contributed by atoms with E-state index in [1.807, 2.05) is 47.4 Å². The van der Waals surface area contributed by atoms with Gasteiger partial charge in [-0.1, -0.05) is 54.6 Å². The number of rotatable bonds is 13. The monoisotopic (exact) mass is 764 g/mol. The number of nitrogens with one attached hydrogen (secondary N) is 3. The van der Waals surface area contributed by atoms with Crippen molar-refractivity contribution in [3.8, 4) is 0 Å². The molecule has 2 saturated heterocycles. The number of aromatic nitrogens is 4. The molecule has 0 bridgehead atoms. The number of nitrogens with zero attached hydrogens (tertiary/aromatic N) is 5. The van der Waals surface area contributed by atoms with E-state index >= 15 is 0 Å². The highest BCUT2D eigenvalue weighted by molar-refractivity contribution is 7.19. The molecule has 2 aromatic heterocycles. The van der Waals surface area contributed by atoms with Crippen LogP contribution < -0.4 is 5.32 Å². The first-order valence-electron chi connectivity index (χ1n) is 18.4. The molecule has 5 atom stereocenters. The summed E-state index contributed by atoms with van der Waals surface area (Å²) in [5.74, 6) is 0.419. The third-order valence-corrected chi connectivity index (χ3v) is 10.6. The molecule has 3 N–H and O–H groups in total. The molecule has 14 nitrogen and oxygen atoms in total. The number of carbonyl (C=O) groups excluding carboxylic acids is 3. The van der Waals surface area contributed by atoms with Crippen molar-refractivity contribution in [3.05, 3.63) is 107 Å². The number of hydrogen-bond donors (Lipinski definition) is 3. The van der Waals surface area contributed by atoms with Crippen LogP contribution in [0.15, 0.2) is 83.9 Å². The summed E-state index contributed by atoms with van der Waals surface area (Å²) in [5.41, 5.74) is 6.59. The quantitative estimate of drug-likeness (QED) is 0.0327. The van der Waals surface area contributed by atoms with Crippen LogP contribution in [0.5, 0.6) is 0 Å². The number of ether oxygens (including phenoxy) is 1. The number of hydrogen-bond acceptors (Lipinski definition) is 9. The zero-order valence-corrected chi connectivity index (χ0v) is 32.0. The molecule has 3 aromatic carbocycles. The van der Waals surface area contributed by atoms with Gasteiger partial charge < -0.3 is 34.7 Å². The van der Waals surface area contributed by atoms with Crippen molar-refractivity contribution in [2.24, 2.45) is 4.99 Å². The molecule has 3 amide bonds. The number of aliphatic imine (C=N–C) groups is 1. The molecule has 286 valence electrons. The highest BCUT2D eigenvalue weighted by Gasteiger charge is 2.37. The summed E-state index contributed by atoms with van der Waals surface area (Å²) >= 11 is 0. The number of amides is 3. The highest BCUT2D eigenvalue weighted by atomic mass is 31.0. The first-order chi connectivity index (χ1) is 26.8. The molecule has 4 heterocycles. The predicted molar refractivity (Wildman–Crippen MR) is 211 cm³/mol. The number of benzene rings is 3. The molecule has 0 spiro atoms. The lowest BCUT2D eigenvalue weighted by atomic mass is 10.1. The fourth-order valence-corrected chi connectivity index (χ4v) is 7.75. The van der Waals surface area contributed by atoms with Gasteiger partial charge in [-0.3, -0.25) is 9.59 Å². The van der Waals surface area contributed by atoms with Crippen LogP contribution in [0.25, 0.3) is 22.1 Å². The summed E-state index contributed by atoms with van der Waals surface area (Å²) in [6, 6.07) is 20.7. The van der Waals surface area contributed by atoms with E-state index < -0.39 is 17.9 Å². The van der Waals surface area contributed by atoms with Crippen LogP contribution >= 0.6 is 9.24 Å². The van der Waals surface area contributed by atoms with E-state index in [9.17, 15) is 14.4 Å². The van der Waals surface area contributed by atoms with E-state index in [2.05, 4.69) is 75.6 Å². The molecule has 5 aromatic rings. The van der Waals surface area contributed by atoms with Gasteiger partial charge in [0.1, 0.15) is 17.4 Å². The summed E-state index contributed by atoms with van der Waals surface area (Å²) in [4.78, 5) is 72.9. The van der Waals surface area contributed by atoms with E-state index in [1.54, 1.807) is 4.90 Å². The number of H-pyrrole nitrogens is 2. The number of aromatic amines is 2. The molecule has 7 rings (SSSR count). The van der Waals surface area contributed by atoms with Crippen molar-refractivity contribution < 1.29 is 28.9 Å². The average molecular weight is 765 g/mol. The summed E-state index contributed by atoms with van der Waals surface area (Å²) in [6.07, 6.45) is 9.63. The lowest BCUT2D eigenvalue weighted by molar-refractivity contribution is -0.188. The van der Waals surface area contributed by atoms with Crippen LogP contribution in [0.4, 0.5) is 4.79 Å². The molecule has 2 fully saturated rings. The van der Waals surface area contributed by atoms with Gasteiger partial charge in [0.05, 0.1) is 48.4 Å². The zero-order valence-electron chi connectivity index (χ0n) is 30.8. The molecule has 2 aliphatic rings. The predicted octanol–water partition coefficient (Wildman–Crippen LogP) is 6.01. The number of fused-ring (bicyclic) bond motifs is 2. The summed E-state index contributed by atoms with van der Waals surface area (Å²) < 4.78 is 4.64. The van der Waals surface area contributed by atoms with Crippen LogP contribution in [0, 0.1) is 0 Å². The third-order valence-electron chi connectivity index (χ3n) is 10.1.